The van der Waals surface area contributed by atoms with E-state index in [0.29, 0.717) is 4.67 Å². The van der Waals surface area contributed by atoms with Crippen molar-refractivity contribution in [1.29, 1.82) is 0 Å². The van der Waals surface area contributed by atoms with E-state index < -0.39 is 0 Å². The van der Waals surface area contributed by atoms with Crippen molar-refractivity contribution in [2.24, 2.45) is 11.6 Å². The number of ketones is 1. The van der Waals surface area contributed by atoms with Crippen molar-refractivity contribution in [3.63, 3.8) is 0 Å². The Hall–Kier alpha value is -0.381. The molecule has 0 aromatic carbocycles. The molecule has 54 valence electrons. The van der Waals surface area contributed by atoms with Crippen LogP contribution >= 0.6 is 0 Å². The normalized spacial score (nSPS) is 6.56. The second kappa shape index (κ2) is 7.62. The van der Waals surface area contributed by atoms with Crippen molar-refractivity contribution in [3.8, 4) is 0 Å². The third-order valence-electron chi connectivity index (χ3n) is 0.142. The molecule has 0 aliphatic rings. The van der Waals surface area contributed by atoms with E-state index in [1.165, 1.54) is 13.8 Å². The second-order valence-electron chi connectivity index (χ2n) is 1.42. The molecular weight excluding hydrogens is 185 g/mol. The summed E-state index contributed by atoms with van der Waals surface area (Å²) >= 11 is 2.45. The van der Waals surface area contributed by atoms with E-state index >= 15 is 0 Å². The molecule has 0 saturated heterocycles. The van der Waals surface area contributed by atoms with Gasteiger partial charge in [0.05, 0.1) is 0 Å². The topological polar surface area (TPSA) is 81.1 Å². The van der Waals surface area contributed by atoms with Gasteiger partial charge in [-0.3, -0.25) is 0 Å². The fraction of sp³-hybridized carbons (Fsp3) is 0.500. The molecule has 4 nitrogen and oxygen atoms in total. The Morgan fingerprint density at radius 3 is 1.67 bits per heavy atom. The Morgan fingerprint density at radius 1 is 1.56 bits per heavy atom. The van der Waals surface area contributed by atoms with Gasteiger partial charge in [0.25, 0.3) is 0 Å². The molecule has 0 atom stereocenters. The number of carbonyl (C=O) groups is 1. The third kappa shape index (κ3) is 91.7. The maximum atomic E-state index is 9.44. The van der Waals surface area contributed by atoms with Crippen molar-refractivity contribution in [2.45, 2.75) is 13.8 Å². The molecule has 0 spiro atoms. The summed E-state index contributed by atoms with van der Waals surface area (Å²) in [6.07, 6.45) is 0. The zero-order valence-corrected chi connectivity index (χ0v) is 7.18. The average molecular weight is 196 g/mol. The van der Waals surface area contributed by atoms with Crippen LogP contribution in [0.25, 0.3) is 0 Å². The Balaban J connectivity index is 0. The first kappa shape index (κ1) is 11.4. The Kier molecular flexibility index (Phi) is 9.67. The predicted octanol–water partition coefficient (Wildman–Crippen LogP) is -1.74. The summed E-state index contributed by atoms with van der Waals surface area (Å²) < 4.78 is 0.407. The van der Waals surface area contributed by atoms with Gasteiger partial charge in [-0.2, -0.15) is 0 Å². The van der Waals surface area contributed by atoms with Crippen LogP contribution in [0.2, 0.25) is 0 Å². The molecule has 0 aromatic rings. The molecular formula is C4H11N3OSe. The molecule has 0 saturated carbocycles. The van der Waals surface area contributed by atoms with Gasteiger partial charge in [-0.15, -0.1) is 0 Å². The molecule has 0 radical (unpaired) electrons. The van der Waals surface area contributed by atoms with Crippen molar-refractivity contribution >= 4 is 26.0 Å². The molecule has 5 N–H and O–H groups in total. The number of nitrogens with one attached hydrogen (secondary N) is 1. The standard InChI is InChI=1S/C3H6O.CH5N3Se/c1-3(2)4;2-1(5)4-3/h1-2H3;3H2,(H3,2,4,5). The molecule has 0 aromatic heterocycles. The SMILES string of the molecule is CC(C)=O.NNC(N)=[Se]. The van der Waals surface area contributed by atoms with Crippen LogP contribution in [0.3, 0.4) is 0 Å². The van der Waals surface area contributed by atoms with Crippen molar-refractivity contribution in [1.82, 2.24) is 5.43 Å². The minimum atomic E-state index is 0.167. The van der Waals surface area contributed by atoms with Gasteiger partial charge in [-0.25, -0.2) is 0 Å². The maximum absolute atomic E-state index is 9.44. The van der Waals surface area contributed by atoms with Gasteiger partial charge in [0.1, 0.15) is 5.78 Å². The van der Waals surface area contributed by atoms with Crippen LogP contribution in [-0.4, -0.2) is 26.0 Å². The van der Waals surface area contributed by atoms with Crippen LogP contribution < -0.4 is 17.0 Å². The fourth-order valence-corrected chi connectivity index (χ4v) is 0. The first-order chi connectivity index (χ1) is 4.00. The fourth-order valence-electron chi connectivity index (χ4n) is 0. The monoisotopic (exact) mass is 197 g/mol. The van der Waals surface area contributed by atoms with E-state index in [1.807, 2.05) is 0 Å². The van der Waals surface area contributed by atoms with Crippen LogP contribution in [0.15, 0.2) is 0 Å². The summed E-state index contributed by atoms with van der Waals surface area (Å²) in [4.78, 5) is 9.44. The van der Waals surface area contributed by atoms with Gasteiger partial charge in [0, 0.05) is 0 Å². The molecule has 0 fully saturated rings. The summed E-state index contributed by atoms with van der Waals surface area (Å²) in [5.41, 5.74) is 7.08. The van der Waals surface area contributed by atoms with Crippen LogP contribution in [0.1, 0.15) is 13.8 Å². The van der Waals surface area contributed by atoms with Gasteiger partial charge in [0.15, 0.2) is 0 Å². The zero-order valence-electron chi connectivity index (χ0n) is 5.47. The van der Waals surface area contributed by atoms with Crippen LogP contribution in [-0.2, 0) is 4.79 Å². The molecule has 0 aliphatic heterocycles. The number of nitrogens with two attached hydrogens (primary N) is 2. The quantitative estimate of drug-likeness (QED) is 0.264. The Labute approximate surface area is 62.3 Å². The third-order valence-corrected chi connectivity index (χ3v) is 0.390. The van der Waals surface area contributed by atoms with Crippen LogP contribution in [0, 0.1) is 0 Å². The second-order valence-corrected chi connectivity index (χ2v) is 2.34. The van der Waals surface area contributed by atoms with E-state index in [9.17, 15) is 4.79 Å². The minimum absolute atomic E-state index is 0.167. The molecule has 0 rings (SSSR count). The Bertz CT molecular complexity index is 100.0. The number of rotatable bonds is 1. The van der Waals surface area contributed by atoms with E-state index in [4.69, 9.17) is 11.6 Å². The number of carbonyl (C=O) groups excluding carboxylic acids is 1. The van der Waals surface area contributed by atoms with Crippen molar-refractivity contribution in [2.75, 3.05) is 0 Å². The van der Waals surface area contributed by atoms with Gasteiger partial charge in [-0.05, 0) is 13.8 Å². The number of hydrazine groups is 1. The van der Waals surface area contributed by atoms with Gasteiger partial charge in [0.2, 0.25) is 0 Å². The molecule has 0 heterocycles. The van der Waals surface area contributed by atoms with E-state index in [-0.39, 0.29) is 5.78 Å². The summed E-state index contributed by atoms with van der Waals surface area (Å²) in [5, 5.41) is 0. The first-order valence-electron chi connectivity index (χ1n) is 2.24. The number of Topliss-reactive ketones (excluding diaryl/α,β-unsaturated/α-hetero) is 1. The predicted molar refractivity (Wildman–Crippen MR) is 38.6 cm³/mol. The van der Waals surface area contributed by atoms with Crippen LogP contribution in [0.5, 0.6) is 0 Å². The summed E-state index contributed by atoms with van der Waals surface area (Å²) in [6.45, 7) is 3.06. The van der Waals surface area contributed by atoms with E-state index in [1.54, 1.807) is 0 Å². The number of hydrogen-bond donors (Lipinski definition) is 3. The summed E-state index contributed by atoms with van der Waals surface area (Å²) in [6, 6.07) is 0. The van der Waals surface area contributed by atoms with Gasteiger partial charge in [-0.1, -0.05) is 0 Å². The summed E-state index contributed by atoms with van der Waals surface area (Å²) in [7, 11) is 0. The summed E-state index contributed by atoms with van der Waals surface area (Å²) in [5.74, 6) is 4.89. The molecule has 0 aliphatic carbocycles. The molecule has 0 unspecified atom stereocenters. The van der Waals surface area contributed by atoms with E-state index in [2.05, 4.69) is 21.0 Å². The number of hydrogen-bond acceptors (Lipinski definition) is 4. The average Bonchev–Trinajstić information content (AvgIpc) is 1.65. The molecule has 5 heteroatoms. The van der Waals surface area contributed by atoms with Crippen LogP contribution in [0.4, 0.5) is 0 Å². The van der Waals surface area contributed by atoms with Gasteiger partial charge < -0.3 is 4.79 Å². The van der Waals surface area contributed by atoms with E-state index in [0.717, 1.165) is 0 Å². The Morgan fingerprint density at radius 2 is 1.67 bits per heavy atom. The van der Waals surface area contributed by atoms with Crippen molar-refractivity contribution < 1.29 is 4.79 Å². The molecule has 9 heavy (non-hydrogen) atoms. The van der Waals surface area contributed by atoms with Gasteiger partial charge >= 0.3 is 37.2 Å². The zero-order chi connectivity index (χ0) is 7.86. The van der Waals surface area contributed by atoms with Crippen molar-refractivity contribution in [3.05, 3.63) is 0 Å². The molecule has 0 bridgehead atoms. The molecule has 0 amide bonds. The first-order valence-corrected chi connectivity index (χ1v) is 3.09.